The lowest BCUT2D eigenvalue weighted by molar-refractivity contribution is 0.149. The lowest BCUT2D eigenvalue weighted by Gasteiger charge is -2.17. The van der Waals surface area contributed by atoms with E-state index in [1.807, 2.05) is 11.8 Å². The molecule has 1 heterocycles. The first-order valence-electron chi connectivity index (χ1n) is 5.90. The molecule has 0 aliphatic carbocycles. The number of hydrogen-bond donors (Lipinski definition) is 1. The summed E-state index contributed by atoms with van der Waals surface area (Å²) in [4.78, 5) is 0. The minimum Gasteiger partial charge on any atom is -0.392 e. The molecule has 1 nitrogen and oxygen atoms in total. The van der Waals surface area contributed by atoms with E-state index in [1.54, 1.807) is 0 Å². The highest BCUT2D eigenvalue weighted by Gasteiger charge is 2.26. The summed E-state index contributed by atoms with van der Waals surface area (Å²) >= 11 is 1.87. The predicted octanol–water partition coefficient (Wildman–Crippen LogP) is 2.88. The molecule has 2 atom stereocenters. The highest BCUT2D eigenvalue weighted by Crippen LogP contribution is 2.29. The molecule has 0 amide bonds. The molecule has 0 saturated carbocycles. The lowest BCUT2D eigenvalue weighted by Crippen LogP contribution is -2.20. The fraction of sp³-hybridized carbons (Fsp3) is 0.571. The summed E-state index contributed by atoms with van der Waals surface area (Å²) in [5, 5.41) is 9.87. The summed E-state index contributed by atoms with van der Waals surface area (Å²) in [6.07, 6.45) is 0.927. The highest BCUT2D eigenvalue weighted by molar-refractivity contribution is 7.99. The molecule has 1 aromatic carbocycles. The van der Waals surface area contributed by atoms with E-state index in [-0.39, 0.29) is 6.10 Å². The van der Waals surface area contributed by atoms with Gasteiger partial charge in [-0.25, -0.2) is 0 Å². The van der Waals surface area contributed by atoms with Crippen molar-refractivity contribution >= 4 is 11.8 Å². The first kappa shape index (κ1) is 12.0. The van der Waals surface area contributed by atoms with Gasteiger partial charge < -0.3 is 5.11 Å². The Labute approximate surface area is 102 Å². The van der Waals surface area contributed by atoms with Crippen LogP contribution in [-0.2, 0) is 6.42 Å². The van der Waals surface area contributed by atoms with Crippen LogP contribution in [0.3, 0.4) is 0 Å². The molecular weight excluding hydrogens is 216 g/mol. The third-order valence-electron chi connectivity index (χ3n) is 3.47. The first-order chi connectivity index (χ1) is 7.58. The van der Waals surface area contributed by atoms with E-state index >= 15 is 0 Å². The summed E-state index contributed by atoms with van der Waals surface area (Å²) in [6.45, 7) is 6.51. The van der Waals surface area contributed by atoms with Crippen LogP contribution in [0.2, 0.25) is 0 Å². The summed E-state index contributed by atoms with van der Waals surface area (Å²) in [7, 11) is 0. The summed E-state index contributed by atoms with van der Waals surface area (Å²) in [5.41, 5.74) is 5.53. The molecule has 1 aliphatic heterocycles. The summed E-state index contributed by atoms with van der Waals surface area (Å²) in [6, 6.07) is 4.49. The molecule has 0 bridgehead atoms. The average Bonchev–Trinajstić information content (AvgIpc) is 2.57. The molecule has 2 unspecified atom stereocenters. The normalized spacial score (nSPS) is 25.0. The van der Waals surface area contributed by atoms with Crippen LogP contribution in [-0.4, -0.2) is 22.7 Å². The van der Waals surface area contributed by atoms with Gasteiger partial charge in [-0.15, -0.1) is 0 Å². The van der Waals surface area contributed by atoms with Gasteiger partial charge in [-0.1, -0.05) is 17.7 Å². The van der Waals surface area contributed by atoms with E-state index in [9.17, 15) is 5.11 Å². The number of aliphatic hydroxyl groups is 1. The van der Waals surface area contributed by atoms with Crippen LogP contribution in [0.4, 0.5) is 0 Å². The Balaban J connectivity index is 2.21. The van der Waals surface area contributed by atoms with Crippen molar-refractivity contribution in [2.75, 3.05) is 11.5 Å². The minimum atomic E-state index is -0.106. The Kier molecular flexibility index (Phi) is 3.60. The molecule has 2 heteroatoms. The van der Waals surface area contributed by atoms with Gasteiger partial charge in [0.25, 0.3) is 0 Å². The van der Waals surface area contributed by atoms with E-state index in [4.69, 9.17) is 0 Å². The van der Waals surface area contributed by atoms with Gasteiger partial charge >= 0.3 is 0 Å². The summed E-state index contributed by atoms with van der Waals surface area (Å²) in [5.74, 6) is 2.47. The number of aryl methyl sites for hydroxylation is 3. The van der Waals surface area contributed by atoms with Crippen LogP contribution >= 0.6 is 11.8 Å². The van der Waals surface area contributed by atoms with Crippen molar-refractivity contribution in [3.8, 4) is 0 Å². The van der Waals surface area contributed by atoms with Crippen molar-refractivity contribution in [1.82, 2.24) is 0 Å². The van der Waals surface area contributed by atoms with E-state index in [0.717, 1.165) is 17.9 Å². The Morgan fingerprint density at radius 2 is 1.81 bits per heavy atom. The quantitative estimate of drug-likeness (QED) is 0.852. The van der Waals surface area contributed by atoms with E-state index in [0.29, 0.717) is 5.92 Å². The third-order valence-corrected chi connectivity index (χ3v) is 4.71. The number of thioether (sulfide) groups is 1. The van der Waals surface area contributed by atoms with Crippen LogP contribution in [0.25, 0.3) is 0 Å². The van der Waals surface area contributed by atoms with E-state index in [2.05, 4.69) is 32.9 Å². The van der Waals surface area contributed by atoms with Gasteiger partial charge in [-0.3, -0.25) is 0 Å². The standard InChI is InChI=1S/C14H20OS/c1-9-4-10(2)13(11(3)5-9)6-12-7-16-8-14(12)15/h4-5,12,14-15H,6-8H2,1-3H3. The highest BCUT2D eigenvalue weighted by atomic mass is 32.2. The Bertz CT molecular complexity index is 363. The van der Waals surface area contributed by atoms with Crippen LogP contribution < -0.4 is 0 Å². The molecule has 16 heavy (non-hydrogen) atoms. The molecule has 1 aliphatic rings. The van der Waals surface area contributed by atoms with Gasteiger partial charge in [-0.2, -0.15) is 11.8 Å². The summed E-state index contributed by atoms with van der Waals surface area (Å²) < 4.78 is 0. The molecule has 1 aromatic rings. The Morgan fingerprint density at radius 1 is 1.19 bits per heavy atom. The molecule has 0 spiro atoms. The Hall–Kier alpha value is -0.470. The van der Waals surface area contributed by atoms with Crippen molar-refractivity contribution < 1.29 is 5.11 Å². The number of benzene rings is 1. The van der Waals surface area contributed by atoms with Gasteiger partial charge in [0.2, 0.25) is 0 Å². The molecular formula is C14H20OS. The molecule has 2 rings (SSSR count). The monoisotopic (exact) mass is 236 g/mol. The van der Waals surface area contributed by atoms with E-state index < -0.39 is 0 Å². The maximum absolute atomic E-state index is 9.87. The average molecular weight is 236 g/mol. The van der Waals surface area contributed by atoms with Crippen molar-refractivity contribution in [2.24, 2.45) is 5.92 Å². The molecule has 1 saturated heterocycles. The lowest BCUT2D eigenvalue weighted by atomic mass is 9.90. The van der Waals surface area contributed by atoms with Crippen LogP contribution in [0.5, 0.6) is 0 Å². The van der Waals surface area contributed by atoms with E-state index in [1.165, 1.54) is 22.3 Å². The number of rotatable bonds is 2. The zero-order chi connectivity index (χ0) is 11.7. The fourth-order valence-corrected chi connectivity index (χ4v) is 3.87. The van der Waals surface area contributed by atoms with Gasteiger partial charge in [0.15, 0.2) is 0 Å². The van der Waals surface area contributed by atoms with Gasteiger partial charge in [0.05, 0.1) is 6.10 Å². The second kappa shape index (κ2) is 4.80. The SMILES string of the molecule is Cc1cc(C)c(CC2CSCC2O)c(C)c1. The minimum absolute atomic E-state index is 0.106. The topological polar surface area (TPSA) is 20.2 Å². The first-order valence-corrected chi connectivity index (χ1v) is 7.06. The zero-order valence-electron chi connectivity index (χ0n) is 10.3. The smallest absolute Gasteiger partial charge is 0.0669 e. The van der Waals surface area contributed by atoms with Gasteiger partial charge in [0, 0.05) is 5.75 Å². The maximum atomic E-state index is 9.87. The maximum Gasteiger partial charge on any atom is 0.0669 e. The molecule has 1 N–H and O–H groups in total. The second-order valence-corrected chi connectivity index (χ2v) is 6.02. The molecule has 0 aromatic heterocycles. The van der Waals surface area contributed by atoms with Crippen LogP contribution in [0.1, 0.15) is 22.3 Å². The van der Waals surface area contributed by atoms with Gasteiger partial charge in [-0.05, 0) is 55.6 Å². The molecule has 1 fully saturated rings. The van der Waals surface area contributed by atoms with Crippen molar-refractivity contribution in [3.63, 3.8) is 0 Å². The van der Waals surface area contributed by atoms with Crippen LogP contribution in [0, 0.1) is 26.7 Å². The number of hydrogen-bond acceptors (Lipinski definition) is 2. The zero-order valence-corrected chi connectivity index (χ0v) is 11.1. The van der Waals surface area contributed by atoms with Crippen molar-refractivity contribution in [3.05, 3.63) is 34.4 Å². The number of aliphatic hydroxyl groups excluding tert-OH is 1. The Morgan fingerprint density at radius 3 is 2.31 bits per heavy atom. The largest absolute Gasteiger partial charge is 0.392 e. The molecule has 0 radical (unpaired) electrons. The van der Waals surface area contributed by atoms with Crippen molar-refractivity contribution in [2.45, 2.75) is 33.3 Å². The molecule has 88 valence electrons. The fourth-order valence-electron chi connectivity index (χ4n) is 2.58. The van der Waals surface area contributed by atoms with Crippen molar-refractivity contribution in [1.29, 1.82) is 0 Å². The second-order valence-electron chi connectivity index (χ2n) is 4.95. The third kappa shape index (κ3) is 2.44. The van der Waals surface area contributed by atoms with Crippen LogP contribution in [0.15, 0.2) is 12.1 Å². The van der Waals surface area contributed by atoms with Gasteiger partial charge in [0.1, 0.15) is 0 Å². The predicted molar refractivity (Wildman–Crippen MR) is 71.2 cm³/mol.